The van der Waals surface area contributed by atoms with Crippen LogP contribution in [0, 0.1) is 0 Å². The Morgan fingerprint density at radius 3 is 2.30 bits per heavy atom. The number of aliphatic hydroxyl groups is 1. The summed E-state index contributed by atoms with van der Waals surface area (Å²) >= 11 is 0. The highest BCUT2D eigenvalue weighted by atomic mass is 16.5. The first-order valence-corrected chi connectivity index (χ1v) is 9.85. The van der Waals surface area contributed by atoms with E-state index in [9.17, 15) is 14.7 Å². The molecule has 0 aliphatic carbocycles. The fraction of sp³-hybridized carbons (Fsp3) is 0.714. The van der Waals surface area contributed by atoms with Crippen LogP contribution >= 0.6 is 0 Å². The fourth-order valence-corrected chi connectivity index (χ4v) is 2.64. The number of allylic oxidation sites excluding steroid dienone is 3. The minimum Gasteiger partial charge on any atom is -0.481 e. The van der Waals surface area contributed by atoms with Crippen molar-refractivity contribution in [3.05, 3.63) is 24.3 Å². The van der Waals surface area contributed by atoms with Gasteiger partial charge in [0.1, 0.15) is 6.54 Å². The number of carbonyl (C=O) groups is 2. The summed E-state index contributed by atoms with van der Waals surface area (Å²) in [5.41, 5.74) is 0. The summed E-state index contributed by atoms with van der Waals surface area (Å²) in [5.74, 6) is -1.58. The Morgan fingerprint density at radius 1 is 1.04 bits per heavy atom. The molecule has 2 unspecified atom stereocenters. The van der Waals surface area contributed by atoms with Gasteiger partial charge in [-0.15, -0.1) is 0 Å². The summed E-state index contributed by atoms with van der Waals surface area (Å²) in [5, 5.41) is 18.9. The van der Waals surface area contributed by atoms with E-state index in [1.54, 1.807) is 0 Å². The minimum absolute atomic E-state index is 0.141. The van der Waals surface area contributed by atoms with Gasteiger partial charge in [-0.05, 0) is 19.3 Å². The average molecular weight is 385 g/mol. The lowest BCUT2D eigenvalue weighted by Gasteiger charge is -2.28. The highest BCUT2D eigenvalue weighted by Crippen LogP contribution is 2.09. The van der Waals surface area contributed by atoms with Crippen molar-refractivity contribution in [2.75, 3.05) is 27.7 Å². The molecule has 27 heavy (non-hydrogen) atoms. The van der Waals surface area contributed by atoms with E-state index in [0.29, 0.717) is 17.4 Å². The molecule has 0 rings (SSSR count). The van der Waals surface area contributed by atoms with Crippen molar-refractivity contribution < 1.29 is 29.0 Å². The van der Waals surface area contributed by atoms with Gasteiger partial charge in [0.2, 0.25) is 0 Å². The monoisotopic (exact) mass is 384 g/mol. The Labute approximate surface area is 164 Å². The summed E-state index contributed by atoms with van der Waals surface area (Å²) < 4.78 is 5.75. The molecule has 0 amide bonds. The van der Waals surface area contributed by atoms with Crippen LogP contribution in [-0.4, -0.2) is 66.5 Å². The second-order valence-electron chi connectivity index (χ2n) is 7.98. The third kappa shape index (κ3) is 17.5. The van der Waals surface area contributed by atoms with Crippen molar-refractivity contribution >= 4 is 11.9 Å². The molecule has 0 aliphatic heterocycles. The minimum atomic E-state index is -1.01. The molecule has 2 N–H and O–H groups in total. The van der Waals surface area contributed by atoms with Gasteiger partial charge in [0.25, 0.3) is 0 Å². The van der Waals surface area contributed by atoms with Gasteiger partial charge in [-0.1, -0.05) is 50.5 Å². The zero-order chi connectivity index (χ0) is 20.7. The summed E-state index contributed by atoms with van der Waals surface area (Å²) in [6, 6.07) is 0. The topological polar surface area (TPSA) is 83.8 Å². The van der Waals surface area contributed by atoms with Gasteiger partial charge < -0.3 is 19.4 Å². The molecular formula is C21H38NO5+. The Bertz CT molecular complexity index is 479. The number of hydrogen-bond acceptors (Lipinski definition) is 4. The smallest absolute Gasteiger partial charge is 0.308 e. The number of nitrogens with zero attached hydrogens (tertiary/aromatic N) is 1. The van der Waals surface area contributed by atoms with Crippen LogP contribution in [0.3, 0.4) is 0 Å². The third-order valence-corrected chi connectivity index (χ3v) is 3.87. The lowest BCUT2D eigenvalue weighted by atomic mass is 10.1. The molecule has 0 fully saturated rings. The van der Waals surface area contributed by atoms with Crippen molar-refractivity contribution in [1.82, 2.24) is 0 Å². The van der Waals surface area contributed by atoms with E-state index in [2.05, 4.69) is 13.0 Å². The maximum atomic E-state index is 12.0. The number of quaternary nitrogens is 1. The van der Waals surface area contributed by atoms with Crippen LogP contribution in [-0.2, 0) is 14.3 Å². The van der Waals surface area contributed by atoms with E-state index >= 15 is 0 Å². The van der Waals surface area contributed by atoms with E-state index in [0.717, 1.165) is 6.42 Å². The van der Waals surface area contributed by atoms with Crippen molar-refractivity contribution in [2.45, 2.75) is 70.5 Å². The summed E-state index contributed by atoms with van der Waals surface area (Å²) in [6.45, 7) is 2.59. The second kappa shape index (κ2) is 14.4. The van der Waals surface area contributed by atoms with E-state index in [4.69, 9.17) is 9.84 Å². The predicted molar refractivity (Wildman–Crippen MR) is 107 cm³/mol. The van der Waals surface area contributed by atoms with E-state index < -0.39 is 24.1 Å². The van der Waals surface area contributed by atoms with Crippen LogP contribution in [0.25, 0.3) is 0 Å². The molecule has 0 aromatic heterocycles. The zero-order valence-corrected chi connectivity index (χ0v) is 17.4. The summed E-state index contributed by atoms with van der Waals surface area (Å²) in [4.78, 5) is 22.9. The Kier molecular flexibility index (Phi) is 13.5. The molecule has 0 saturated heterocycles. The number of aliphatic hydroxyl groups excluding tert-OH is 1. The number of hydrogen-bond donors (Lipinski definition) is 2. The number of rotatable bonds is 15. The maximum absolute atomic E-state index is 12.0. The fourth-order valence-electron chi connectivity index (χ4n) is 2.64. The predicted octanol–water partition coefficient (Wildman–Crippen LogP) is 3.30. The number of carboxylic acid groups (broad SMARTS) is 1. The Balaban J connectivity index is 4.18. The van der Waals surface area contributed by atoms with Gasteiger partial charge in [0.15, 0.2) is 6.10 Å². The number of carbonyl (C=O) groups excluding carboxylic acids is 1. The molecule has 6 heteroatoms. The quantitative estimate of drug-likeness (QED) is 0.196. The van der Waals surface area contributed by atoms with Crippen LogP contribution < -0.4 is 0 Å². The molecule has 0 bridgehead atoms. The second-order valence-corrected chi connectivity index (χ2v) is 7.98. The number of esters is 1. The SMILES string of the molecule is CCCCCC/C=C/C=C/CC(O)CC(=O)OC(CC(=O)O)C[N+](C)(C)C. The molecule has 0 spiro atoms. The van der Waals surface area contributed by atoms with Crippen molar-refractivity contribution in [3.8, 4) is 0 Å². The molecule has 0 aliphatic rings. The van der Waals surface area contributed by atoms with Gasteiger partial charge >= 0.3 is 11.9 Å². The van der Waals surface area contributed by atoms with Crippen LogP contribution in [0.1, 0.15) is 58.3 Å². The van der Waals surface area contributed by atoms with E-state index in [-0.39, 0.29) is 12.8 Å². The Morgan fingerprint density at radius 2 is 1.70 bits per heavy atom. The lowest BCUT2D eigenvalue weighted by molar-refractivity contribution is -0.873. The summed E-state index contributed by atoms with van der Waals surface area (Å²) in [7, 11) is 5.71. The largest absolute Gasteiger partial charge is 0.481 e. The molecule has 0 saturated carbocycles. The Hall–Kier alpha value is -1.66. The number of likely N-dealkylation sites (N-methyl/N-ethyl adjacent to an activating group) is 1. The molecule has 0 heterocycles. The van der Waals surface area contributed by atoms with Crippen molar-refractivity contribution in [3.63, 3.8) is 0 Å². The number of unbranched alkanes of at least 4 members (excludes halogenated alkanes) is 4. The van der Waals surface area contributed by atoms with Crippen molar-refractivity contribution in [2.24, 2.45) is 0 Å². The maximum Gasteiger partial charge on any atom is 0.308 e. The first kappa shape index (κ1) is 25.3. The number of carboxylic acids is 1. The van der Waals surface area contributed by atoms with Gasteiger partial charge in [0.05, 0.1) is 40.1 Å². The van der Waals surface area contributed by atoms with Gasteiger partial charge in [-0.25, -0.2) is 0 Å². The molecule has 156 valence electrons. The molecule has 0 aromatic rings. The molecule has 6 nitrogen and oxygen atoms in total. The van der Waals surface area contributed by atoms with Gasteiger partial charge in [0, 0.05) is 0 Å². The molecule has 2 atom stereocenters. The third-order valence-electron chi connectivity index (χ3n) is 3.87. The van der Waals surface area contributed by atoms with E-state index in [1.165, 1.54) is 25.7 Å². The van der Waals surface area contributed by atoms with Crippen LogP contribution in [0.4, 0.5) is 0 Å². The average Bonchev–Trinajstić information content (AvgIpc) is 2.50. The van der Waals surface area contributed by atoms with Crippen LogP contribution in [0.15, 0.2) is 24.3 Å². The highest BCUT2D eigenvalue weighted by molar-refractivity contribution is 5.72. The van der Waals surface area contributed by atoms with Gasteiger partial charge in [-0.3, -0.25) is 9.59 Å². The highest BCUT2D eigenvalue weighted by Gasteiger charge is 2.25. The number of aliphatic carboxylic acids is 1. The molecule has 0 aromatic carbocycles. The molecular weight excluding hydrogens is 346 g/mol. The van der Waals surface area contributed by atoms with Gasteiger partial charge in [-0.2, -0.15) is 0 Å². The zero-order valence-electron chi connectivity index (χ0n) is 17.4. The lowest BCUT2D eigenvalue weighted by Crippen LogP contribution is -2.44. The standard InChI is InChI=1S/C21H37NO5/c1-5-6-7-8-9-10-11-12-13-14-18(23)15-21(26)27-19(16-20(24)25)17-22(2,3)4/h10-13,18-19,23H,5-9,14-17H2,1-4H3/p+1/b11-10+,13-12+. The number of ether oxygens (including phenoxy) is 1. The van der Waals surface area contributed by atoms with E-state index in [1.807, 2.05) is 39.4 Å². The first-order valence-electron chi connectivity index (χ1n) is 9.85. The van der Waals surface area contributed by atoms with Crippen LogP contribution in [0.5, 0.6) is 0 Å². The van der Waals surface area contributed by atoms with Crippen LogP contribution in [0.2, 0.25) is 0 Å². The first-order chi connectivity index (χ1) is 12.6. The normalized spacial score (nSPS) is 14.6. The van der Waals surface area contributed by atoms with Crippen molar-refractivity contribution in [1.29, 1.82) is 0 Å². The molecule has 0 radical (unpaired) electrons. The summed E-state index contributed by atoms with van der Waals surface area (Å²) in [6.07, 6.45) is 12.2.